The molecule has 0 bridgehead atoms. The van der Waals surface area contributed by atoms with E-state index >= 15 is 0 Å². The number of hydrogen-bond acceptors (Lipinski definition) is 4. The molecule has 2 aromatic carbocycles. The summed E-state index contributed by atoms with van der Waals surface area (Å²) in [6.07, 6.45) is 0.657. The van der Waals surface area contributed by atoms with Crippen molar-refractivity contribution in [3.63, 3.8) is 0 Å². The molecule has 0 radical (unpaired) electrons. The van der Waals surface area contributed by atoms with Crippen molar-refractivity contribution in [1.82, 2.24) is 0 Å². The van der Waals surface area contributed by atoms with Crippen molar-refractivity contribution in [2.45, 2.75) is 0 Å². The van der Waals surface area contributed by atoms with Gasteiger partial charge < -0.3 is 14.8 Å². The molecular weight excluding hydrogens is 350 g/mol. The lowest BCUT2D eigenvalue weighted by atomic mass is 10.2. The summed E-state index contributed by atoms with van der Waals surface area (Å²) in [5.41, 5.74) is 0.989. The first-order valence-corrected chi connectivity index (χ1v) is 7.23. The number of halogens is 1. The quantitative estimate of drug-likeness (QED) is 0.799. The van der Waals surface area contributed by atoms with Gasteiger partial charge in [-0.25, -0.2) is 0 Å². The number of nitrogens with one attached hydrogen (secondary N) is 1. The minimum Gasteiger partial charge on any atom is -0.497 e. The maximum atomic E-state index is 11.9. The van der Waals surface area contributed by atoms with Gasteiger partial charge >= 0.3 is 0 Å². The second kappa shape index (κ2) is 7.61. The molecule has 0 atom stereocenters. The van der Waals surface area contributed by atoms with E-state index in [2.05, 4.69) is 21.2 Å². The first kappa shape index (κ1) is 16.0. The number of hydrogen-bond donors (Lipinski definition) is 1. The molecule has 114 valence electrons. The second-order valence-corrected chi connectivity index (χ2v) is 5.28. The number of carbonyl (C=O) groups excluding carboxylic acids is 2. The van der Waals surface area contributed by atoms with E-state index in [1.807, 2.05) is 12.1 Å². The fourth-order valence-electron chi connectivity index (χ4n) is 1.78. The van der Waals surface area contributed by atoms with Crippen molar-refractivity contribution in [1.29, 1.82) is 0 Å². The highest BCUT2D eigenvalue weighted by Gasteiger charge is 2.08. The van der Waals surface area contributed by atoms with Gasteiger partial charge in [-0.05, 0) is 36.4 Å². The highest BCUT2D eigenvalue weighted by atomic mass is 79.9. The van der Waals surface area contributed by atoms with Crippen molar-refractivity contribution in [2.24, 2.45) is 0 Å². The van der Waals surface area contributed by atoms with E-state index in [-0.39, 0.29) is 12.5 Å². The standard InChI is InChI=1S/C16H14BrNO4/c1-21-14-5-6-15(11(7-14)9-19)22-10-16(20)18-13-4-2-3-12(17)8-13/h2-9H,10H2,1H3,(H,18,20). The van der Waals surface area contributed by atoms with Crippen LogP contribution < -0.4 is 14.8 Å². The van der Waals surface area contributed by atoms with E-state index in [0.717, 1.165) is 4.47 Å². The third kappa shape index (κ3) is 4.33. The SMILES string of the molecule is COc1ccc(OCC(=O)Nc2cccc(Br)c2)c(C=O)c1. The van der Waals surface area contributed by atoms with Gasteiger partial charge in [0.05, 0.1) is 12.7 Å². The summed E-state index contributed by atoms with van der Waals surface area (Å²) < 4.78 is 11.3. The summed E-state index contributed by atoms with van der Waals surface area (Å²) >= 11 is 3.33. The average Bonchev–Trinajstić information content (AvgIpc) is 2.52. The topological polar surface area (TPSA) is 64.6 Å². The van der Waals surface area contributed by atoms with Crippen LogP contribution in [0.3, 0.4) is 0 Å². The molecule has 0 saturated heterocycles. The zero-order chi connectivity index (χ0) is 15.9. The predicted molar refractivity (Wildman–Crippen MR) is 86.6 cm³/mol. The van der Waals surface area contributed by atoms with Crippen LogP contribution in [0.2, 0.25) is 0 Å². The Labute approximate surface area is 136 Å². The Kier molecular flexibility index (Phi) is 5.55. The summed E-state index contributed by atoms with van der Waals surface area (Å²) in [5.74, 6) is 0.569. The van der Waals surface area contributed by atoms with Crippen molar-refractivity contribution in [3.8, 4) is 11.5 Å². The van der Waals surface area contributed by atoms with Crippen LogP contribution in [0, 0.1) is 0 Å². The van der Waals surface area contributed by atoms with Crippen molar-refractivity contribution < 1.29 is 19.1 Å². The van der Waals surface area contributed by atoms with Gasteiger partial charge in [0.1, 0.15) is 11.5 Å². The fraction of sp³-hybridized carbons (Fsp3) is 0.125. The second-order valence-electron chi connectivity index (χ2n) is 4.37. The number of ether oxygens (including phenoxy) is 2. The van der Waals surface area contributed by atoms with Gasteiger partial charge in [-0.3, -0.25) is 9.59 Å². The van der Waals surface area contributed by atoms with Crippen LogP contribution in [0.4, 0.5) is 5.69 Å². The molecule has 2 aromatic rings. The Hall–Kier alpha value is -2.34. The third-order valence-corrected chi connectivity index (χ3v) is 3.30. The molecule has 0 unspecified atom stereocenters. The molecule has 0 aliphatic rings. The van der Waals surface area contributed by atoms with E-state index in [1.54, 1.807) is 30.3 Å². The van der Waals surface area contributed by atoms with Gasteiger partial charge in [-0.15, -0.1) is 0 Å². The lowest BCUT2D eigenvalue weighted by Crippen LogP contribution is -2.20. The Morgan fingerprint density at radius 1 is 1.27 bits per heavy atom. The van der Waals surface area contributed by atoms with Crippen molar-refractivity contribution in [3.05, 3.63) is 52.5 Å². The van der Waals surface area contributed by atoms with Crippen LogP contribution in [0.25, 0.3) is 0 Å². The number of benzene rings is 2. The van der Waals surface area contributed by atoms with E-state index in [4.69, 9.17) is 9.47 Å². The Morgan fingerprint density at radius 2 is 2.09 bits per heavy atom. The van der Waals surface area contributed by atoms with Crippen molar-refractivity contribution >= 4 is 33.8 Å². The molecule has 0 heterocycles. The number of anilines is 1. The maximum absolute atomic E-state index is 11.9. The molecule has 1 N–H and O–H groups in total. The zero-order valence-corrected chi connectivity index (χ0v) is 13.4. The van der Waals surface area contributed by atoms with E-state index in [9.17, 15) is 9.59 Å². The van der Waals surface area contributed by atoms with Crippen LogP contribution >= 0.6 is 15.9 Å². The fourth-order valence-corrected chi connectivity index (χ4v) is 2.18. The normalized spacial score (nSPS) is 9.91. The third-order valence-electron chi connectivity index (χ3n) is 2.81. The van der Waals surface area contributed by atoms with Gasteiger partial charge in [0.15, 0.2) is 12.9 Å². The number of aldehydes is 1. The van der Waals surface area contributed by atoms with Crippen LogP contribution in [-0.4, -0.2) is 25.9 Å². The summed E-state index contributed by atoms with van der Waals surface area (Å²) in [6, 6.07) is 12.0. The zero-order valence-electron chi connectivity index (χ0n) is 11.8. The Balaban J connectivity index is 1.97. The number of methoxy groups -OCH3 is 1. The molecule has 5 nitrogen and oxygen atoms in total. The molecule has 0 aliphatic heterocycles. The average molecular weight is 364 g/mol. The molecule has 0 fully saturated rings. The minimum absolute atomic E-state index is 0.195. The molecule has 0 saturated carbocycles. The smallest absolute Gasteiger partial charge is 0.262 e. The molecule has 0 aromatic heterocycles. The van der Waals surface area contributed by atoms with E-state index < -0.39 is 0 Å². The van der Waals surface area contributed by atoms with Gasteiger partial charge in [0.2, 0.25) is 0 Å². The monoisotopic (exact) mass is 363 g/mol. The first-order valence-electron chi connectivity index (χ1n) is 6.44. The summed E-state index contributed by atoms with van der Waals surface area (Å²) in [7, 11) is 1.51. The Bertz CT molecular complexity index is 688. The highest BCUT2D eigenvalue weighted by Crippen LogP contribution is 2.22. The van der Waals surface area contributed by atoms with Gasteiger partial charge in [0.25, 0.3) is 5.91 Å². The maximum Gasteiger partial charge on any atom is 0.262 e. The van der Waals surface area contributed by atoms with Crippen molar-refractivity contribution in [2.75, 3.05) is 19.0 Å². The molecule has 0 aliphatic carbocycles. The number of carbonyl (C=O) groups is 2. The summed E-state index contributed by atoms with van der Waals surface area (Å²) in [5, 5.41) is 2.71. The summed E-state index contributed by atoms with van der Waals surface area (Å²) in [4.78, 5) is 22.9. The Morgan fingerprint density at radius 3 is 2.77 bits per heavy atom. The van der Waals surface area contributed by atoms with E-state index in [1.165, 1.54) is 7.11 Å². The first-order chi connectivity index (χ1) is 10.6. The van der Waals surface area contributed by atoms with Gasteiger partial charge in [0, 0.05) is 10.2 Å². The molecule has 1 amide bonds. The molecule has 22 heavy (non-hydrogen) atoms. The summed E-state index contributed by atoms with van der Waals surface area (Å²) in [6.45, 7) is -0.195. The number of rotatable bonds is 6. The van der Waals surface area contributed by atoms with Crippen LogP contribution in [0.15, 0.2) is 46.9 Å². The lowest BCUT2D eigenvalue weighted by molar-refractivity contribution is -0.118. The predicted octanol–water partition coefficient (Wildman–Crippen LogP) is 3.29. The molecular formula is C16H14BrNO4. The van der Waals surface area contributed by atoms with Crippen LogP contribution in [-0.2, 0) is 4.79 Å². The molecule has 6 heteroatoms. The lowest BCUT2D eigenvalue weighted by Gasteiger charge is -2.10. The number of amides is 1. The largest absolute Gasteiger partial charge is 0.497 e. The minimum atomic E-state index is -0.314. The van der Waals surface area contributed by atoms with Gasteiger partial charge in [-0.2, -0.15) is 0 Å². The van der Waals surface area contributed by atoms with Gasteiger partial charge in [-0.1, -0.05) is 22.0 Å². The van der Waals surface area contributed by atoms with Crippen LogP contribution in [0.1, 0.15) is 10.4 Å². The van der Waals surface area contributed by atoms with Crippen LogP contribution in [0.5, 0.6) is 11.5 Å². The van der Waals surface area contributed by atoms with E-state index in [0.29, 0.717) is 29.0 Å². The molecule has 0 spiro atoms. The highest BCUT2D eigenvalue weighted by molar-refractivity contribution is 9.10. The molecule has 2 rings (SSSR count).